The van der Waals surface area contributed by atoms with Crippen molar-refractivity contribution < 1.29 is 19.4 Å². The zero-order valence-electron chi connectivity index (χ0n) is 12.1. The van der Waals surface area contributed by atoms with E-state index in [1.54, 1.807) is 4.90 Å². The highest BCUT2D eigenvalue weighted by molar-refractivity contribution is 5.75. The van der Waals surface area contributed by atoms with Crippen LogP contribution in [0.2, 0.25) is 0 Å². The van der Waals surface area contributed by atoms with Crippen molar-refractivity contribution in [3.05, 3.63) is 0 Å². The van der Waals surface area contributed by atoms with E-state index in [9.17, 15) is 9.59 Å². The number of rotatable bonds is 6. The molecule has 0 aromatic carbocycles. The lowest BCUT2D eigenvalue weighted by Crippen LogP contribution is -2.65. The van der Waals surface area contributed by atoms with Gasteiger partial charge in [0.05, 0.1) is 13.1 Å². The lowest BCUT2D eigenvalue weighted by atomic mass is 9.97. The number of hydrogen-bond acceptors (Lipinski definition) is 3. The van der Waals surface area contributed by atoms with Crippen LogP contribution in [0.25, 0.3) is 0 Å². The number of aliphatic carboxylic acids is 1. The molecule has 6 nitrogen and oxygen atoms in total. The predicted molar refractivity (Wildman–Crippen MR) is 71.0 cm³/mol. The van der Waals surface area contributed by atoms with E-state index in [2.05, 4.69) is 19.2 Å². The quantitative estimate of drug-likeness (QED) is 0.764. The SMILES string of the molecule is CC(C)CC(C)NC(=O)N1CC(C)(OCC(=O)O)C1. The Kier molecular flexibility index (Phi) is 5.17. The minimum Gasteiger partial charge on any atom is -0.480 e. The van der Waals surface area contributed by atoms with E-state index in [0.717, 1.165) is 6.42 Å². The van der Waals surface area contributed by atoms with Crippen LogP contribution in [0.15, 0.2) is 0 Å². The van der Waals surface area contributed by atoms with Gasteiger partial charge in [-0.25, -0.2) is 9.59 Å². The summed E-state index contributed by atoms with van der Waals surface area (Å²) >= 11 is 0. The van der Waals surface area contributed by atoms with Gasteiger partial charge < -0.3 is 20.1 Å². The zero-order chi connectivity index (χ0) is 14.6. The van der Waals surface area contributed by atoms with E-state index < -0.39 is 11.6 Å². The highest BCUT2D eigenvalue weighted by Gasteiger charge is 2.42. The first kappa shape index (κ1) is 15.8. The normalized spacial score (nSPS) is 18.9. The van der Waals surface area contributed by atoms with Crippen LogP contribution in [0.1, 0.15) is 34.1 Å². The van der Waals surface area contributed by atoms with Gasteiger partial charge in [0.25, 0.3) is 0 Å². The van der Waals surface area contributed by atoms with Gasteiger partial charge in [0.2, 0.25) is 0 Å². The molecule has 0 aromatic rings. The van der Waals surface area contributed by atoms with E-state index in [-0.39, 0.29) is 18.7 Å². The average molecular weight is 272 g/mol. The summed E-state index contributed by atoms with van der Waals surface area (Å²) in [4.78, 5) is 24.0. The van der Waals surface area contributed by atoms with Gasteiger partial charge >= 0.3 is 12.0 Å². The van der Waals surface area contributed by atoms with Gasteiger partial charge in [-0.05, 0) is 26.2 Å². The molecular formula is C13H24N2O4. The minimum absolute atomic E-state index is 0.107. The molecular weight excluding hydrogens is 248 g/mol. The largest absolute Gasteiger partial charge is 0.480 e. The van der Waals surface area contributed by atoms with Crippen LogP contribution < -0.4 is 5.32 Å². The predicted octanol–water partition coefficient (Wildman–Crippen LogP) is 1.31. The maximum atomic E-state index is 11.9. The van der Waals surface area contributed by atoms with Crippen molar-refractivity contribution in [2.24, 2.45) is 5.92 Å². The van der Waals surface area contributed by atoms with Crippen molar-refractivity contribution in [1.82, 2.24) is 10.2 Å². The van der Waals surface area contributed by atoms with E-state index in [1.807, 2.05) is 13.8 Å². The summed E-state index contributed by atoms with van der Waals surface area (Å²) in [6.45, 7) is 8.57. The Morgan fingerprint density at radius 2 is 1.95 bits per heavy atom. The van der Waals surface area contributed by atoms with Gasteiger partial charge in [0, 0.05) is 6.04 Å². The molecule has 2 N–H and O–H groups in total. The van der Waals surface area contributed by atoms with Gasteiger partial charge in [-0.2, -0.15) is 0 Å². The number of carbonyl (C=O) groups excluding carboxylic acids is 1. The number of carbonyl (C=O) groups is 2. The molecule has 1 heterocycles. The Balaban J connectivity index is 2.29. The van der Waals surface area contributed by atoms with Crippen LogP contribution >= 0.6 is 0 Å². The minimum atomic E-state index is -0.991. The molecule has 1 rings (SSSR count). The summed E-state index contributed by atoms with van der Waals surface area (Å²) in [5, 5.41) is 11.5. The Labute approximate surface area is 114 Å². The third-order valence-corrected chi connectivity index (χ3v) is 3.08. The van der Waals surface area contributed by atoms with Crippen LogP contribution in [0, 0.1) is 5.92 Å². The number of hydrogen-bond donors (Lipinski definition) is 2. The van der Waals surface area contributed by atoms with Crippen molar-refractivity contribution in [1.29, 1.82) is 0 Å². The van der Waals surface area contributed by atoms with Crippen LogP contribution in [0.5, 0.6) is 0 Å². The number of nitrogens with zero attached hydrogens (tertiary/aromatic N) is 1. The third-order valence-electron chi connectivity index (χ3n) is 3.08. The third kappa shape index (κ3) is 5.06. The number of carboxylic acid groups (broad SMARTS) is 1. The molecule has 1 fully saturated rings. The van der Waals surface area contributed by atoms with Crippen LogP contribution in [0.4, 0.5) is 4.79 Å². The number of carboxylic acids is 1. The first-order valence-corrected chi connectivity index (χ1v) is 6.63. The molecule has 1 aliphatic heterocycles. The average Bonchev–Trinajstić information content (AvgIpc) is 2.20. The summed E-state index contributed by atoms with van der Waals surface area (Å²) in [5.41, 5.74) is -0.531. The van der Waals surface area contributed by atoms with Gasteiger partial charge in [-0.3, -0.25) is 0 Å². The standard InChI is InChI=1S/C13H24N2O4/c1-9(2)5-10(3)14-12(18)15-7-13(4,8-15)19-6-11(16)17/h9-10H,5-8H2,1-4H3,(H,14,18)(H,16,17). The Bertz CT molecular complexity index is 338. The van der Waals surface area contributed by atoms with Crippen molar-refractivity contribution in [2.45, 2.75) is 45.8 Å². The van der Waals surface area contributed by atoms with Crippen molar-refractivity contribution in [2.75, 3.05) is 19.7 Å². The van der Waals surface area contributed by atoms with Crippen LogP contribution in [-0.2, 0) is 9.53 Å². The summed E-state index contributed by atoms with van der Waals surface area (Å²) in [7, 11) is 0. The number of nitrogens with one attached hydrogen (secondary N) is 1. The van der Waals surface area contributed by atoms with E-state index >= 15 is 0 Å². The first-order valence-electron chi connectivity index (χ1n) is 6.63. The number of amides is 2. The Morgan fingerprint density at radius 3 is 2.42 bits per heavy atom. The van der Waals surface area contributed by atoms with Crippen LogP contribution in [-0.4, -0.2) is 53.3 Å². The molecule has 1 aliphatic rings. The highest BCUT2D eigenvalue weighted by Crippen LogP contribution is 2.24. The number of urea groups is 1. The molecule has 0 aromatic heterocycles. The molecule has 0 radical (unpaired) electrons. The summed E-state index contributed by atoms with van der Waals surface area (Å²) in [5.74, 6) is -0.453. The van der Waals surface area contributed by atoms with Gasteiger partial charge in [0.1, 0.15) is 12.2 Å². The van der Waals surface area contributed by atoms with Gasteiger partial charge in [-0.1, -0.05) is 13.8 Å². The van der Waals surface area contributed by atoms with Gasteiger partial charge in [-0.15, -0.1) is 0 Å². The molecule has 1 atom stereocenters. The molecule has 2 amide bonds. The van der Waals surface area contributed by atoms with E-state index in [0.29, 0.717) is 19.0 Å². The summed E-state index contributed by atoms with van der Waals surface area (Å²) in [6.07, 6.45) is 0.937. The second kappa shape index (κ2) is 6.23. The van der Waals surface area contributed by atoms with Crippen molar-refractivity contribution >= 4 is 12.0 Å². The Hall–Kier alpha value is -1.30. The van der Waals surface area contributed by atoms with Crippen molar-refractivity contribution in [3.8, 4) is 0 Å². The number of likely N-dealkylation sites (tertiary alicyclic amines) is 1. The number of ether oxygens (including phenoxy) is 1. The lowest BCUT2D eigenvalue weighted by Gasteiger charge is -2.47. The molecule has 6 heteroatoms. The van der Waals surface area contributed by atoms with Gasteiger partial charge in [0.15, 0.2) is 0 Å². The lowest BCUT2D eigenvalue weighted by molar-refractivity contribution is -0.159. The summed E-state index contributed by atoms with van der Waals surface area (Å²) in [6, 6.07) is 0.0313. The molecule has 0 bridgehead atoms. The maximum absolute atomic E-state index is 11.9. The zero-order valence-corrected chi connectivity index (χ0v) is 12.1. The monoisotopic (exact) mass is 272 g/mol. The fraction of sp³-hybridized carbons (Fsp3) is 0.846. The molecule has 0 spiro atoms. The molecule has 1 unspecified atom stereocenters. The van der Waals surface area contributed by atoms with Crippen LogP contribution in [0.3, 0.4) is 0 Å². The first-order chi connectivity index (χ1) is 8.72. The summed E-state index contributed by atoms with van der Waals surface area (Å²) < 4.78 is 5.26. The highest BCUT2D eigenvalue weighted by atomic mass is 16.5. The Morgan fingerprint density at radius 1 is 1.37 bits per heavy atom. The molecule has 0 aliphatic carbocycles. The fourth-order valence-electron chi connectivity index (χ4n) is 2.30. The second-order valence-electron chi connectivity index (χ2n) is 5.97. The molecule has 0 saturated carbocycles. The second-order valence-corrected chi connectivity index (χ2v) is 5.97. The molecule has 1 saturated heterocycles. The maximum Gasteiger partial charge on any atom is 0.329 e. The molecule has 19 heavy (non-hydrogen) atoms. The van der Waals surface area contributed by atoms with E-state index in [1.165, 1.54) is 0 Å². The van der Waals surface area contributed by atoms with E-state index in [4.69, 9.17) is 9.84 Å². The van der Waals surface area contributed by atoms with Crippen molar-refractivity contribution in [3.63, 3.8) is 0 Å². The fourth-order valence-corrected chi connectivity index (χ4v) is 2.30. The smallest absolute Gasteiger partial charge is 0.329 e. The topological polar surface area (TPSA) is 78.9 Å². The molecule has 110 valence electrons.